The number of hydrogen-bond donors (Lipinski definition) is 2. The first-order valence-corrected chi connectivity index (χ1v) is 8.61. The zero-order chi connectivity index (χ0) is 22.8. The second-order valence-electron chi connectivity index (χ2n) is 5.88. The number of primary amides is 1. The van der Waals surface area contributed by atoms with Crippen molar-refractivity contribution in [2.45, 2.75) is 26.6 Å². The summed E-state index contributed by atoms with van der Waals surface area (Å²) in [6.45, 7) is 1.93. The lowest BCUT2D eigenvalue weighted by Gasteiger charge is -2.11. The maximum absolute atomic E-state index is 12.9. The first-order valence-electron chi connectivity index (χ1n) is 8.24. The summed E-state index contributed by atoms with van der Waals surface area (Å²) < 4.78 is 49.1. The summed E-state index contributed by atoms with van der Waals surface area (Å²) >= 11 is 5.53. The molecule has 2 rings (SSSR count). The lowest BCUT2D eigenvalue weighted by atomic mass is 10.1. The third kappa shape index (κ3) is 4.82. The number of carbonyl (C=O) groups excluding carboxylic acids is 3. The fourth-order valence-electron chi connectivity index (χ4n) is 2.51. The summed E-state index contributed by atoms with van der Waals surface area (Å²) in [6.07, 6.45) is -4.39. The summed E-state index contributed by atoms with van der Waals surface area (Å²) in [5.41, 5.74) is 2.18. The van der Waals surface area contributed by atoms with Crippen LogP contribution in [-0.2, 0) is 22.3 Å². The van der Waals surface area contributed by atoms with Gasteiger partial charge in [0, 0.05) is 6.20 Å². The van der Waals surface area contributed by atoms with Gasteiger partial charge in [0.05, 0.1) is 12.2 Å². The fourth-order valence-corrected chi connectivity index (χ4v) is 2.74. The standard InChI is InChI=1S/C17H15ClF3N3O6/c1-3-29-16(28)11-7(2)30-14(12(11)13(22)26)23-10(25)6-24-5-8(17(19,20)21)4-9(18)15(24)27/h4-5H,3,6H2,1-2H3,(H2,22,26)(H,23,25). The minimum Gasteiger partial charge on any atom is -0.462 e. The average Bonchev–Trinajstić information content (AvgIpc) is 2.94. The molecule has 2 aromatic rings. The smallest absolute Gasteiger partial charge is 0.417 e. The SMILES string of the molecule is CCOC(=O)c1c(C)oc(NC(=O)Cn2cc(C(F)(F)F)cc(Cl)c2=O)c1C(N)=O. The summed E-state index contributed by atoms with van der Waals surface area (Å²) in [4.78, 5) is 48.0. The minimum atomic E-state index is -4.80. The van der Waals surface area contributed by atoms with Crippen LogP contribution in [0.4, 0.5) is 19.1 Å². The Balaban J connectivity index is 2.37. The van der Waals surface area contributed by atoms with Gasteiger partial charge in [0.15, 0.2) is 0 Å². The lowest BCUT2D eigenvalue weighted by Crippen LogP contribution is -2.29. The van der Waals surface area contributed by atoms with Crippen molar-refractivity contribution in [2.24, 2.45) is 5.73 Å². The number of amides is 2. The number of aromatic nitrogens is 1. The van der Waals surface area contributed by atoms with Crippen molar-refractivity contribution in [2.75, 3.05) is 11.9 Å². The van der Waals surface area contributed by atoms with Crippen LogP contribution in [0.2, 0.25) is 5.02 Å². The van der Waals surface area contributed by atoms with Gasteiger partial charge in [0.1, 0.15) is 28.5 Å². The van der Waals surface area contributed by atoms with Crippen molar-refractivity contribution in [1.82, 2.24) is 4.57 Å². The van der Waals surface area contributed by atoms with Crippen molar-refractivity contribution < 1.29 is 36.7 Å². The topological polar surface area (TPSA) is 134 Å². The highest BCUT2D eigenvalue weighted by molar-refractivity contribution is 6.30. The Morgan fingerprint density at radius 3 is 2.47 bits per heavy atom. The van der Waals surface area contributed by atoms with E-state index in [2.05, 4.69) is 5.32 Å². The highest BCUT2D eigenvalue weighted by Crippen LogP contribution is 2.30. The van der Waals surface area contributed by atoms with Crippen LogP contribution in [0.3, 0.4) is 0 Å². The van der Waals surface area contributed by atoms with E-state index in [1.54, 1.807) is 0 Å². The number of hydrogen-bond acceptors (Lipinski definition) is 6. The maximum Gasteiger partial charge on any atom is 0.417 e. The molecule has 0 saturated carbocycles. The van der Waals surface area contributed by atoms with Crippen molar-refractivity contribution in [3.8, 4) is 0 Å². The van der Waals surface area contributed by atoms with Crippen molar-refractivity contribution in [3.63, 3.8) is 0 Å². The Hall–Kier alpha value is -3.28. The van der Waals surface area contributed by atoms with E-state index in [-0.39, 0.29) is 17.9 Å². The molecule has 3 N–H and O–H groups in total. The second-order valence-corrected chi connectivity index (χ2v) is 6.28. The number of nitrogens with one attached hydrogen (secondary N) is 1. The monoisotopic (exact) mass is 449 g/mol. The Morgan fingerprint density at radius 2 is 1.93 bits per heavy atom. The van der Waals surface area contributed by atoms with Crippen LogP contribution < -0.4 is 16.6 Å². The molecule has 2 amide bonds. The molecular formula is C17H15ClF3N3O6. The van der Waals surface area contributed by atoms with Gasteiger partial charge in [0.25, 0.3) is 11.5 Å². The van der Waals surface area contributed by atoms with Crippen LogP contribution in [-0.4, -0.2) is 29.0 Å². The number of aryl methyl sites for hydroxylation is 1. The van der Waals surface area contributed by atoms with Gasteiger partial charge >= 0.3 is 12.1 Å². The van der Waals surface area contributed by atoms with Crippen LogP contribution in [0.1, 0.15) is 39.0 Å². The molecule has 162 valence electrons. The molecule has 0 aliphatic heterocycles. The van der Waals surface area contributed by atoms with E-state index in [1.165, 1.54) is 13.8 Å². The van der Waals surface area contributed by atoms with E-state index in [4.69, 9.17) is 26.5 Å². The van der Waals surface area contributed by atoms with Gasteiger partial charge in [-0.15, -0.1) is 0 Å². The van der Waals surface area contributed by atoms with Crippen LogP contribution >= 0.6 is 11.6 Å². The predicted octanol–water partition coefficient (Wildman–Crippen LogP) is 2.34. The molecular weight excluding hydrogens is 435 g/mol. The largest absolute Gasteiger partial charge is 0.462 e. The van der Waals surface area contributed by atoms with E-state index < -0.39 is 58.1 Å². The predicted molar refractivity (Wildman–Crippen MR) is 97.3 cm³/mol. The first-order chi connectivity index (χ1) is 13.9. The second kappa shape index (κ2) is 8.61. The molecule has 2 aromatic heterocycles. The third-order valence-corrected chi connectivity index (χ3v) is 4.02. The summed E-state index contributed by atoms with van der Waals surface area (Å²) in [6, 6.07) is 0.436. The molecule has 0 spiro atoms. The molecule has 9 nitrogen and oxygen atoms in total. The van der Waals surface area contributed by atoms with Gasteiger partial charge in [-0.05, 0) is 19.9 Å². The molecule has 0 radical (unpaired) electrons. The number of anilines is 1. The van der Waals surface area contributed by atoms with E-state index in [0.717, 1.165) is 0 Å². The minimum absolute atomic E-state index is 0.0113. The van der Waals surface area contributed by atoms with Crippen molar-refractivity contribution in [1.29, 1.82) is 0 Å². The van der Waals surface area contributed by atoms with E-state index in [0.29, 0.717) is 16.8 Å². The van der Waals surface area contributed by atoms with Gasteiger partial charge in [-0.1, -0.05) is 11.6 Å². The number of halogens is 4. The lowest BCUT2D eigenvalue weighted by molar-refractivity contribution is -0.138. The number of pyridine rings is 1. The number of alkyl halides is 3. The van der Waals surface area contributed by atoms with Crippen LogP contribution in [0.5, 0.6) is 0 Å². The van der Waals surface area contributed by atoms with E-state index in [1.807, 2.05) is 0 Å². The third-order valence-electron chi connectivity index (χ3n) is 3.75. The molecule has 30 heavy (non-hydrogen) atoms. The maximum atomic E-state index is 12.9. The molecule has 2 heterocycles. The Kier molecular flexibility index (Phi) is 6.60. The molecule has 0 bridgehead atoms. The molecule has 0 saturated heterocycles. The van der Waals surface area contributed by atoms with Gasteiger partial charge in [0.2, 0.25) is 11.8 Å². The summed E-state index contributed by atoms with van der Waals surface area (Å²) in [7, 11) is 0. The highest BCUT2D eigenvalue weighted by atomic mass is 35.5. The molecule has 0 aliphatic carbocycles. The number of carbonyl (C=O) groups is 3. The van der Waals surface area contributed by atoms with Gasteiger partial charge in [-0.2, -0.15) is 13.2 Å². The number of furan rings is 1. The van der Waals surface area contributed by atoms with Crippen molar-refractivity contribution >= 4 is 35.3 Å². The number of esters is 1. The summed E-state index contributed by atoms with van der Waals surface area (Å²) in [5.74, 6) is -3.69. The van der Waals surface area contributed by atoms with Gasteiger partial charge < -0.3 is 19.5 Å². The molecule has 0 unspecified atom stereocenters. The Morgan fingerprint density at radius 1 is 1.30 bits per heavy atom. The number of rotatable bonds is 6. The number of ether oxygens (including phenoxy) is 1. The molecule has 0 fully saturated rings. The van der Waals surface area contributed by atoms with Crippen LogP contribution in [0.15, 0.2) is 21.5 Å². The Bertz CT molecular complexity index is 1070. The van der Waals surface area contributed by atoms with Crippen LogP contribution in [0, 0.1) is 6.92 Å². The van der Waals surface area contributed by atoms with Crippen molar-refractivity contribution in [3.05, 3.63) is 50.1 Å². The van der Waals surface area contributed by atoms with Gasteiger partial charge in [-0.25, -0.2) is 4.79 Å². The number of nitrogens with two attached hydrogens (primary N) is 1. The van der Waals surface area contributed by atoms with Crippen LogP contribution in [0.25, 0.3) is 0 Å². The van der Waals surface area contributed by atoms with E-state index >= 15 is 0 Å². The van der Waals surface area contributed by atoms with Gasteiger partial charge in [-0.3, -0.25) is 19.7 Å². The zero-order valence-corrected chi connectivity index (χ0v) is 16.3. The summed E-state index contributed by atoms with van der Waals surface area (Å²) in [5, 5.41) is 1.36. The number of nitrogens with zero attached hydrogens (tertiary/aromatic N) is 1. The normalized spacial score (nSPS) is 11.3. The Labute approximate surface area is 171 Å². The molecule has 0 atom stereocenters. The quantitative estimate of drug-likeness (QED) is 0.650. The fraction of sp³-hybridized carbons (Fsp3) is 0.294. The molecule has 13 heteroatoms. The molecule has 0 aromatic carbocycles. The van der Waals surface area contributed by atoms with E-state index in [9.17, 15) is 32.3 Å². The first kappa shape index (κ1) is 23.0. The highest BCUT2D eigenvalue weighted by Gasteiger charge is 2.33. The average molecular weight is 450 g/mol. The molecule has 0 aliphatic rings. The zero-order valence-electron chi connectivity index (χ0n) is 15.6.